The van der Waals surface area contributed by atoms with E-state index in [1.54, 1.807) is 0 Å². The van der Waals surface area contributed by atoms with E-state index in [1.165, 1.54) is 16.3 Å². The number of hydrogen-bond donors (Lipinski definition) is 2. The summed E-state index contributed by atoms with van der Waals surface area (Å²) in [5.41, 5.74) is 2.12. The van der Waals surface area contributed by atoms with Crippen LogP contribution in [0.25, 0.3) is 10.8 Å². The molecule has 1 heterocycles. The molecule has 0 amide bonds. The van der Waals surface area contributed by atoms with Gasteiger partial charge >= 0.3 is 0 Å². The SMILES string of the molecule is CCOc1ccc(NC(=S)Nc2ccn(Cc3cccc4ccccc34)n2)cc1. The molecule has 1 aromatic heterocycles. The van der Waals surface area contributed by atoms with Gasteiger partial charge in [0.1, 0.15) is 5.75 Å². The summed E-state index contributed by atoms with van der Waals surface area (Å²) in [6.07, 6.45) is 1.95. The van der Waals surface area contributed by atoms with Crippen LogP contribution in [0.15, 0.2) is 79.0 Å². The van der Waals surface area contributed by atoms with Gasteiger partial charge in [-0.05, 0) is 59.7 Å². The van der Waals surface area contributed by atoms with Crippen LogP contribution in [-0.2, 0) is 6.54 Å². The summed E-state index contributed by atoms with van der Waals surface area (Å²) >= 11 is 5.40. The van der Waals surface area contributed by atoms with Crippen LogP contribution in [0.3, 0.4) is 0 Å². The summed E-state index contributed by atoms with van der Waals surface area (Å²) in [6.45, 7) is 3.31. The van der Waals surface area contributed by atoms with Crippen LogP contribution in [0.1, 0.15) is 12.5 Å². The molecule has 5 nitrogen and oxygen atoms in total. The van der Waals surface area contributed by atoms with Gasteiger partial charge in [0.05, 0.1) is 13.2 Å². The summed E-state index contributed by atoms with van der Waals surface area (Å²) in [6, 6.07) is 24.3. The van der Waals surface area contributed by atoms with Crippen LogP contribution in [0.5, 0.6) is 5.75 Å². The minimum atomic E-state index is 0.490. The Kier molecular flexibility index (Phi) is 5.72. The number of fused-ring (bicyclic) bond motifs is 1. The van der Waals surface area contributed by atoms with Crippen LogP contribution >= 0.6 is 12.2 Å². The minimum absolute atomic E-state index is 0.490. The molecule has 0 aliphatic rings. The molecule has 0 radical (unpaired) electrons. The highest BCUT2D eigenvalue weighted by Crippen LogP contribution is 2.20. The highest BCUT2D eigenvalue weighted by molar-refractivity contribution is 7.80. The normalized spacial score (nSPS) is 10.7. The average molecular weight is 403 g/mol. The number of ether oxygens (including phenoxy) is 1. The molecule has 6 heteroatoms. The molecule has 29 heavy (non-hydrogen) atoms. The van der Waals surface area contributed by atoms with Crippen molar-refractivity contribution in [1.82, 2.24) is 9.78 Å². The van der Waals surface area contributed by atoms with Gasteiger partial charge in [-0.25, -0.2) is 0 Å². The maximum Gasteiger partial charge on any atom is 0.176 e. The molecule has 0 saturated carbocycles. The van der Waals surface area contributed by atoms with E-state index >= 15 is 0 Å². The molecule has 3 aromatic carbocycles. The Bertz CT molecular complexity index is 1120. The Labute approximate surface area is 175 Å². The Balaban J connectivity index is 1.39. The highest BCUT2D eigenvalue weighted by Gasteiger charge is 2.05. The molecule has 0 unspecified atom stereocenters. The second-order valence-electron chi connectivity index (χ2n) is 6.57. The number of anilines is 2. The second-order valence-corrected chi connectivity index (χ2v) is 6.98. The first-order valence-electron chi connectivity index (χ1n) is 9.52. The van der Waals surface area contributed by atoms with Crippen molar-refractivity contribution < 1.29 is 4.74 Å². The van der Waals surface area contributed by atoms with Gasteiger partial charge in [0.15, 0.2) is 10.9 Å². The van der Waals surface area contributed by atoms with Crippen molar-refractivity contribution in [3.8, 4) is 5.75 Å². The molecule has 0 aliphatic heterocycles. The summed E-state index contributed by atoms with van der Waals surface area (Å²) < 4.78 is 7.36. The average Bonchev–Trinajstić information content (AvgIpc) is 3.16. The Morgan fingerprint density at radius 2 is 1.76 bits per heavy atom. The zero-order valence-corrected chi connectivity index (χ0v) is 16.9. The molecule has 0 saturated heterocycles. The Morgan fingerprint density at radius 3 is 2.59 bits per heavy atom. The molecule has 0 fully saturated rings. The van der Waals surface area contributed by atoms with E-state index in [4.69, 9.17) is 17.0 Å². The number of aromatic nitrogens is 2. The predicted molar refractivity (Wildman–Crippen MR) is 123 cm³/mol. The van der Waals surface area contributed by atoms with Gasteiger partial charge in [0.2, 0.25) is 0 Å². The fourth-order valence-electron chi connectivity index (χ4n) is 3.20. The molecular weight excluding hydrogens is 380 g/mol. The molecule has 146 valence electrons. The second kappa shape index (κ2) is 8.75. The predicted octanol–water partition coefficient (Wildman–Crippen LogP) is 5.29. The maximum absolute atomic E-state index is 5.45. The fraction of sp³-hybridized carbons (Fsp3) is 0.130. The lowest BCUT2D eigenvalue weighted by Crippen LogP contribution is -2.19. The molecular formula is C23H22N4OS. The fourth-order valence-corrected chi connectivity index (χ4v) is 3.42. The third kappa shape index (κ3) is 4.73. The number of benzene rings is 3. The summed E-state index contributed by atoms with van der Waals surface area (Å²) in [5.74, 6) is 1.54. The van der Waals surface area contributed by atoms with Gasteiger partial charge in [-0.15, -0.1) is 0 Å². The van der Waals surface area contributed by atoms with Gasteiger partial charge < -0.3 is 15.4 Å². The van der Waals surface area contributed by atoms with Crippen molar-refractivity contribution >= 4 is 39.6 Å². The third-order valence-electron chi connectivity index (χ3n) is 4.52. The quantitative estimate of drug-likeness (QED) is 0.429. The van der Waals surface area contributed by atoms with Gasteiger partial charge in [-0.2, -0.15) is 5.10 Å². The summed E-state index contributed by atoms with van der Waals surface area (Å²) in [5, 5.41) is 13.8. The number of nitrogens with one attached hydrogen (secondary N) is 2. The highest BCUT2D eigenvalue weighted by atomic mass is 32.1. The molecule has 4 aromatic rings. The van der Waals surface area contributed by atoms with E-state index < -0.39 is 0 Å². The number of thiocarbonyl (C=S) groups is 1. The van der Waals surface area contributed by atoms with Gasteiger partial charge in [0.25, 0.3) is 0 Å². The minimum Gasteiger partial charge on any atom is -0.494 e. The molecule has 4 rings (SSSR count). The largest absolute Gasteiger partial charge is 0.494 e. The van der Waals surface area contributed by atoms with Crippen LogP contribution in [0, 0.1) is 0 Å². The number of hydrogen-bond acceptors (Lipinski definition) is 3. The van der Waals surface area contributed by atoms with E-state index in [0.29, 0.717) is 24.1 Å². The van der Waals surface area contributed by atoms with Crippen molar-refractivity contribution in [2.45, 2.75) is 13.5 Å². The lowest BCUT2D eigenvalue weighted by molar-refractivity contribution is 0.340. The molecule has 0 bridgehead atoms. The molecule has 0 atom stereocenters. The summed E-state index contributed by atoms with van der Waals surface area (Å²) in [4.78, 5) is 0. The smallest absolute Gasteiger partial charge is 0.176 e. The number of nitrogens with zero attached hydrogens (tertiary/aromatic N) is 2. The Morgan fingerprint density at radius 1 is 0.966 bits per heavy atom. The molecule has 0 aliphatic carbocycles. The van der Waals surface area contributed by atoms with Crippen molar-refractivity contribution in [2.24, 2.45) is 0 Å². The van der Waals surface area contributed by atoms with Crippen molar-refractivity contribution in [2.75, 3.05) is 17.2 Å². The first-order chi connectivity index (χ1) is 14.2. The molecule has 2 N–H and O–H groups in total. The first-order valence-corrected chi connectivity index (χ1v) is 9.93. The maximum atomic E-state index is 5.45. The zero-order valence-electron chi connectivity index (χ0n) is 16.1. The Hall–Kier alpha value is -3.38. The lowest BCUT2D eigenvalue weighted by atomic mass is 10.0. The number of rotatable bonds is 6. The van der Waals surface area contributed by atoms with E-state index in [-0.39, 0.29) is 0 Å². The van der Waals surface area contributed by atoms with Gasteiger partial charge in [-0.1, -0.05) is 42.5 Å². The van der Waals surface area contributed by atoms with Crippen molar-refractivity contribution in [3.63, 3.8) is 0 Å². The van der Waals surface area contributed by atoms with Crippen molar-refractivity contribution in [3.05, 3.63) is 84.6 Å². The van der Waals surface area contributed by atoms with Crippen LogP contribution in [0.4, 0.5) is 11.5 Å². The van der Waals surface area contributed by atoms with E-state index in [9.17, 15) is 0 Å². The first kappa shape index (κ1) is 19.0. The van der Waals surface area contributed by atoms with E-state index in [2.05, 4.69) is 58.2 Å². The third-order valence-corrected chi connectivity index (χ3v) is 4.72. The van der Waals surface area contributed by atoms with Crippen LogP contribution in [0.2, 0.25) is 0 Å². The van der Waals surface area contributed by atoms with Gasteiger partial charge in [0, 0.05) is 18.0 Å². The molecule has 0 spiro atoms. The monoisotopic (exact) mass is 402 g/mol. The lowest BCUT2D eigenvalue weighted by Gasteiger charge is -2.10. The van der Waals surface area contributed by atoms with E-state index in [1.807, 2.05) is 48.1 Å². The summed E-state index contributed by atoms with van der Waals surface area (Å²) in [7, 11) is 0. The van der Waals surface area contributed by atoms with Gasteiger partial charge in [-0.3, -0.25) is 4.68 Å². The standard InChI is InChI=1S/C23H22N4OS/c1-2-28-20-12-10-19(11-13-20)24-23(29)25-22-14-15-27(26-22)16-18-8-5-7-17-6-3-4-9-21(17)18/h3-15H,2,16H2,1H3,(H2,24,25,26,29). The van der Waals surface area contributed by atoms with Crippen LogP contribution in [-0.4, -0.2) is 21.5 Å². The van der Waals surface area contributed by atoms with Crippen LogP contribution < -0.4 is 15.4 Å². The van der Waals surface area contributed by atoms with Crippen molar-refractivity contribution in [1.29, 1.82) is 0 Å². The zero-order chi connectivity index (χ0) is 20.1. The van der Waals surface area contributed by atoms with E-state index in [0.717, 1.165) is 11.4 Å². The topological polar surface area (TPSA) is 51.1 Å².